The summed E-state index contributed by atoms with van der Waals surface area (Å²) < 4.78 is 7.08. The van der Waals surface area contributed by atoms with Crippen molar-refractivity contribution in [1.82, 2.24) is 20.1 Å². The van der Waals surface area contributed by atoms with E-state index in [1.807, 2.05) is 36.3 Å². The first-order chi connectivity index (χ1) is 9.28. The summed E-state index contributed by atoms with van der Waals surface area (Å²) in [4.78, 5) is 4.24. The van der Waals surface area contributed by atoms with Crippen molar-refractivity contribution in [2.45, 2.75) is 25.9 Å². The lowest BCUT2D eigenvalue weighted by Crippen LogP contribution is -2.22. The summed E-state index contributed by atoms with van der Waals surface area (Å²) in [5.74, 6) is 0.642. The van der Waals surface area contributed by atoms with E-state index >= 15 is 0 Å². The molecule has 2 aromatic heterocycles. The van der Waals surface area contributed by atoms with E-state index in [2.05, 4.69) is 28.4 Å². The number of rotatable bonds is 6. The van der Waals surface area contributed by atoms with Crippen LogP contribution >= 0.6 is 0 Å². The van der Waals surface area contributed by atoms with Crippen molar-refractivity contribution >= 4 is 0 Å². The Morgan fingerprint density at radius 1 is 1.37 bits per heavy atom. The molecule has 5 nitrogen and oxygen atoms in total. The Bertz CT molecular complexity index is 506. The molecule has 2 heterocycles. The van der Waals surface area contributed by atoms with Gasteiger partial charge in [0, 0.05) is 25.0 Å². The number of hydrogen-bond donors (Lipinski definition) is 1. The number of methoxy groups -OCH3 is 1. The SMILES string of the molecule is CCn1nccc1C(Cc1ccc(OC)nc1)NC. The van der Waals surface area contributed by atoms with Gasteiger partial charge in [-0.25, -0.2) is 4.98 Å². The van der Waals surface area contributed by atoms with Crippen LogP contribution in [0.25, 0.3) is 0 Å². The Morgan fingerprint density at radius 2 is 2.21 bits per heavy atom. The van der Waals surface area contributed by atoms with Crippen LogP contribution in [0.1, 0.15) is 24.2 Å². The molecule has 2 aromatic rings. The Morgan fingerprint density at radius 3 is 2.79 bits per heavy atom. The quantitative estimate of drug-likeness (QED) is 0.860. The first-order valence-corrected chi connectivity index (χ1v) is 6.46. The van der Waals surface area contributed by atoms with Crippen molar-refractivity contribution in [3.05, 3.63) is 41.9 Å². The van der Waals surface area contributed by atoms with Gasteiger partial charge < -0.3 is 10.1 Å². The molecule has 0 bridgehead atoms. The number of likely N-dealkylation sites (N-methyl/N-ethyl adjacent to an activating group) is 1. The second-order valence-corrected chi connectivity index (χ2v) is 4.33. The molecule has 5 heteroatoms. The lowest BCUT2D eigenvalue weighted by molar-refractivity contribution is 0.397. The number of pyridine rings is 1. The van der Waals surface area contributed by atoms with E-state index < -0.39 is 0 Å². The normalized spacial score (nSPS) is 12.4. The Kier molecular flexibility index (Phi) is 4.52. The Balaban J connectivity index is 2.14. The number of hydrogen-bond acceptors (Lipinski definition) is 4. The van der Waals surface area contributed by atoms with Gasteiger partial charge in [-0.1, -0.05) is 6.07 Å². The average molecular weight is 260 g/mol. The fourth-order valence-corrected chi connectivity index (χ4v) is 2.15. The van der Waals surface area contributed by atoms with Crippen molar-refractivity contribution in [2.24, 2.45) is 0 Å². The largest absolute Gasteiger partial charge is 0.481 e. The van der Waals surface area contributed by atoms with Gasteiger partial charge in [0.1, 0.15) is 0 Å². The van der Waals surface area contributed by atoms with Crippen molar-refractivity contribution in [3.8, 4) is 5.88 Å². The van der Waals surface area contributed by atoms with Gasteiger partial charge in [0.05, 0.1) is 18.8 Å². The van der Waals surface area contributed by atoms with E-state index in [0.29, 0.717) is 5.88 Å². The molecule has 0 aromatic carbocycles. The topological polar surface area (TPSA) is 52.0 Å². The maximum absolute atomic E-state index is 5.07. The van der Waals surface area contributed by atoms with Crippen LogP contribution in [-0.2, 0) is 13.0 Å². The molecule has 0 fully saturated rings. The molecule has 1 atom stereocenters. The van der Waals surface area contributed by atoms with Crippen LogP contribution in [0.4, 0.5) is 0 Å². The van der Waals surface area contributed by atoms with Gasteiger partial charge in [0.2, 0.25) is 5.88 Å². The number of nitrogens with zero attached hydrogens (tertiary/aromatic N) is 3. The van der Waals surface area contributed by atoms with Crippen molar-refractivity contribution < 1.29 is 4.74 Å². The number of nitrogens with one attached hydrogen (secondary N) is 1. The maximum Gasteiger partial charge on any atom is 0.212 e. The Labute approximate surface area is 113 Å². The van der Waals surface area contributed by atoms with E-state index in [9.17, 15) is 0 Å². The third kappa shape index (κ3) is 3.12. The van der Waals surface area contributed by atoms with E-state index in [1.165, 1.54) is 11.3 Å². The fourth-order valence-electron chi connectivity index (χ4n) is 2.15. The summed E-state index contributed by atoms with van der Waals surface area (Å²) in [5, 5.41) is 7.65. The molecular formula is C14H20N4O. The summed E-state index contributed by atoms with van der Waals surface area (Å²) in [6.45, 7) is 2.97. The van der Waals surface area contributed by atoms with Gasteiger partial charge in [-0.05, 0) is 32.0 Å². The van der Waals surface area contributed by atoms with Gasteiger partial charge in [-0.3, -0.25) is 4.68 Å². The molecule has 1 unspecified atom stereocenters. The molecule has 0 aliphatic rings. The number of aryl methyl sites for hydroxylation is 1. The van der Waals surface area contributed by atoms with Crippen LogP contribution in [0, 0.1) is 0 Å². The zero-order chi connectivity index (χ0) is 13.7. The molecule has 1 N–H and O–H groups in total. The van der Waals surface area contributed by atoms with Crippen molar-refractivity contribution in [1.29, 1.82) is 0 Å². The van der Waals surface area contributed by atoms with Crippen LogP contribution in [0.15, 0.2) is 30.6 Å². The van der Waals surface area contributed by atoms with Crippen LogP contribution < -0.4 is 10.1 Å². The predicted molar refractivity (Wildman–Crippen MR) is 74.2 cm³/mol. The molecule has 0 saturated carbocycles. The summed E-state index contributed by atoms with van der Waals surface area (Å²) in [7, 11) is 3.59. The fraction of sp³-hybridized carbons (Fsp3) is 0.429. The third-order valence-electron chi connectivity index (χ3n) is 3.20. The highest BCUT2D eigenvalue weighted by Gasteiger charge is 2.14. The van der Waals surface area contributed by atoms with Gasteiger partial charge in [-0.15, -0.1) is 0 Å². The molecule has 0 aliphatic heterocycles. The highest BCUT2D eigenvalue weighted by atomic mass is 16.5. The van der Waals surface area contributed by atoms with Crippen molar-refractivity contribution in [3.63, 3.8) is 0 Å². The van der Waals surface area contributed by atoms with Crippen molar-refractivity contribution in [2.75, 3.05) is 14.2 Å². The number of aromatic nitrogens is 3. The molecule has 0 amide bonds. The first kappa shape index (κ1) is 13.5. The predicted octanol–water partition coefficient (Wildman–Crippen LogP) is 1.81. The Hall–Kier alpha value is -1.88. The zero-order valence-corrected chi connectivity index (χ0v) is 11.6. The molecule has 102 valence electrons. The van der Waals surface area contributed by atoms with Crippen LogP contribution in [0.2, 0.25) is 0 Å². The first-order valence-electron chi connectivity index (χ1n) is 6.46. The zero-order valence-electron chi connectivity index (χ0n) is 11.6. The van der Waals surface area contributed by atoms with Gasteiger partial charge in [-0.2, -0.15) is 5.10 Å². The molecule has 0 radical (unpaired) electrons. The van der Waals surface area contributed by atoms with Gasteiger partial charge in [0.25, 0.3) is 0 Å². The average Bonchev–Trinajstić information content (AvgIpc) is 2.93. The van der Waals surface area contributed by atoms with E-state index in [4.69, 9.17) is 4.74 Å². The van der Waals surface area contributed by atoms with Crippen LogP contribution in [-0.4, -0.2) is 28.9 Å². The second kappa shape index (κ2) is 6.33. The van der Waals surface area contributed by atoms with Gasteiger partial charge >= 0.3 is 0 Å². The van der Waals surface area contributed by atoms with E-state index in [-0.39, 0.29) is 6.04 Å². The minimum absolute atomic E-state index is 0.234. The second-order valence-electron chi connectivity index (χ2n) is 4.33. The summed E-state index contributed by atoms with van der Waals surface area (Å²) >= 11 is 0. The standard InChI is InChI=1S/C14H20N4O/c1-4-18-13(7-8-17-18)12(15-2)9-11-5-6-14(19-3)16-10-11/h5-8,10,12,15H,4,9H2,1-3H3. The minimum Gasteiger partial charge on any atom is -0.481 e. The van der Waals surface area contributed by atoms with E-state index in [0.717, 1.165) is 13.0 Å². The third-order valence-corrected chi connectivity index (χ3v) is 3.20. The van der Waals surface area contributed by atoms with Gasteiger partial charge in [0.15, 0.2) is 0 Å². The monoisotopic (exact) mass is 260 g/mol. The van der Waals surface area contributed by atoms with Crippen LogP contribution in [0.5, 0.6) is 5.88 Å². The highest BCUT2D eigenvalue weighted by molar-refractivity contribution is 5.20. The van der Waals surface area contributed by atoms with Crippen LogP contribution in [0.3, 0.4) is 0 Å². The molecule has 19 heavy (non-hydrogen) atoms. The minimum atomic E-state index is 0.234. The van der Waals surface area contributed by atoms with E-state index in [1.54, 1.807) is 7.11 Å². The lowest BCUT2D eigenvalue weighted by atomic mass is 10.1. The molecule has 0 aliphatic carbocycles. The molecule has 0 saturated heterocycles. The molecule has 0 spiro atoms. The summed E-state index contributed by atoms with van der Waals surface area (Å²) in [5.41, 5.74) is 2.37. The molecular weight excluding hydrogens is 240 g/mol. The highest BCUT2D eigenvalue weighted by Crippen LogP contribution is 2.18. The smallest absolute Gasteiger partial charge is 0.212 e. The summed E-state index contributed by atoms with van der Waals surface area (Å²) in [6.07, 6.45) is 4.57. The lowest BCUT2D eigenvalue weighted by Gasteiger charge is -2.17. The number of ether oxygens (including phenoxy) is 1. The maximum atomic E-state index is 5.07. The molecule has 2 rings (SSSR count). The summed E-state index contributed by atoms with van der Waals surface area (Å²) in [6, 6.07) is 6.22.